The average molecular weight is 194 g/mol. The molecule has 2 nitrogen and oxygen atoms in total. The van der Waals surface area contributed by atoms with Crippen LogP contribution in [0.15, 0.2) is 18.2 Å². The van der Waals surface area contributed by atoms with E-state index >= 15 is 0 Å². The predicted molar refractivity (Wildman–Crippen MR) is 56.0 cm³/mol. The van der Waals surface area contributed by atoms with Gasteiger partial charge in [0.25, 0.3) is 0 Å². The van der Waals surface area contributed by atoms with Gasteiger partial charge in [-0.3, -0.25) is 0 Å². The maximum atomic E-state index is 13.2. The molecule has 1 aromatic carbocycles. The van der Waals surface area contributed by atoms with Crippen molar-refractivity contribution in [2.45, 2.75) is 19.4 Å². The molecule has 14 heavy (non-hydrogen) atoms. The number of hydrogen-bond acceptors (Lipinski definition) is 2. The summed E-state index contributed by atoms with van der Waals surface area (Å²) in [5, 5.41) is 6.62. The molecule has 0 aliphatic carbocycles. The topological polar surface area (TPSA) is 24.1 Å². The van der Waals surface area contributed by atoms with Crippen molar-refractivity contribution in [1.82, 2.24) is 5.32 Å². The molecule has 1 aliphatic rings. The van der Waals surface area contributed by atoms with Crippen LogP contribution in [0.25, 0.3) is 0 Å². The molecular weight excluding hydrogens is 179 g/mol. The lowest BCUT2D eigenvalue weighted by atomic mass is 10.1. The van der Waals surface area contributed by atoms with Gasteiger partial charge in [0.2, 0.25) is 0 Å². The quantitative estimate of drug-likeness (QED) is 0.751. The van der Waals surface area contributed by atoms with Gasteiger partial charge in [-0.15, -0.1) is 0 Å². The summed E-state index contributed by atoms with van der Waals surface area (Å²) in [5.74, 6) is -0.138. The minimum Gasteiger partial charge on any atom is -0.381 e. The van der Waals surface area contributed by atoms with Crippen LogP contribution in [0, 0.1) is 12.7 Å². The summed E-state index contributed by atoms with van der Waals surface area (Å²) >= 11 is 0. The lowest BCUT2D eigenvalue weighted by molar-refractivity contribution is 0.618. The second kappa shape index (κ2) is 3.96. The van der Waals surface area contributed by atoms with Crippen molar-refractivity contribution in [3.8, 4) is 0 Å². The van der Waals surface area contributed by atoms with E-state index in [0.717, 1.165) is 25.2 Å². The molecule has 1 heterocycles. The van der Waals surface area contributed by atoms with E-state index in [1.807, 2.05) is 6.07 Å². The molecule has 1 aliphatic heterocycles. The maximum absolute atomic E-state index is 13.2. The van der Waals surface area contributed by atoms with Gasteiger partial charge in [0.15, 0.2) is 0 Å². The zero-order valence-corrected chi connectivity index (χ0v) is 8.31. The Hall–Kier alpha value is -1.09. The van der Waals surface area contributed by atoms with Crippen molar-refractivity contribution in [2.24, 2.45) is 0 Å². The first-order valence-electron chi connectivity index (χ1n) is 5.00. The van der Waals surface area contributed by atoms with E-state index < -0.39 is 0 Å². The number of nitrogens with one attached hydrogen (secondary N) is 2. The summed E-state index contributed by atoms with van der Waals surface area (Å²) in [6.45, 7) is 3.82. The maximum Gasteiger partial charge on any atom is 0.128 e. The highest BCUT2D eigenvalue weighted by atomic mass is 19.1. The molecule has 2 N–H and O–H groups in total. The molecule has 1 atom stereocenters. The Balaban J connectivity index is 2.11. The molecule has 0 spiro atoms. The monoisotopic (exact) mass is 194 g/mol. The Bertz CT molecular complexity index is 319. The normalized spacial score (nSPS) is 21.1. The minimum absolute atomic E-state index is 0.138. The van der Waals surface area contributed by atoms with Crippen LogP contribution in [-0.2, 0) is 0 Å². The van der Waals surface area contributed by atoms with Gasteiger partial charge in [-0.1, -0.05) is 6.07 Å². The highest BCUT2D eigenvalue weighted by Gasteiger charge is 2.15. The zero-order chi connectivity index (χ0) is 9.97. The fraction of sp³-hybridized carbons (Fsp3) is 0.455. The molecule has 0 aromatic heterocycles. The van der Waals surface area contributed by atoms with Crippen molar-refractivity contribution in [3.63, 3.8) is 0 Å². The molecule has 1 saturated heterocycles. The fourth-order valence-electron chi connectivity index (χ4n) is 1.76. The Morgan fingerprint density at radius 3 is 3.07 bits per heavy atom. The summed E-state index contributed by atoms with van der Waals surface area (Å²) in [5.41, 5.74) is 1.62. The lowest BCUT2D eigenvalue weighted by Crippen LogP contribution is -2.22. The molecule has 1 unspecified atom stereocenters. The summed E-state index contributed by atoms with van der Waals surface area (Å²) in [7, 11) is 0. The molecule has 0 bridgehead atoms. The first-order chi connectivity index (χ1) is 6.77. The van der Waals surface area contributed by atoms with E-state index in [2.05, 4.69) is 10.6 Å². The van der Waals surface area contributed by atoms with Gasteiger partial charge < -0.3 is 10.6 Å². The van der Waals surface area contributed by atoms with Gasteiger partial charge in [-0.05, 0) is 32.0 Å². The standard InChI is InChI=1S/C11H15FN2/c1-8-10(12)3-2-4-11(8)14-9-5-6-13-7-9/h2-4,9,13-14H,5-7H2,1H3. The van der Waals surface area contributed by atoms with E-state index in [4.69, 9.17) is 0 Å². The van der Waals surface area contributed by atoms with Crippen LogP contribution in [0.5, 0.6) is 0 Å². The first kappa shape index (κ1) is 9.46. The van der Waals surface area contributed by atoms with Crippen LogP contribution < -0.4 is 10.6 Å². The van der Waals surface area contributed by atoms with Crippen LogP contribution in [0.4, 0.5) is 10.1 Å². The van der Waals surface area contributed by atoms with Crippen LogP contribution in [0.1, 0.15) is 12.0 Å². The van der Waals surface area contributed by atoms with Gasteiger partial charge in [-0.2, -0.15) is 0 Å². The van der Waals surface area contributed by atoms with E-state index in [9.17, 15) is 4.39 Å². The molecule has 0 saturated carbocycles. The van der Waals surface area contributed by atoms with Crippen LogP contribution >= 0.6 is 0 Å². The third kappa shape index (κ3) is 1.87. The van der Waals surface area contributed by atoms with Crippen molar-refractivity contribution in [3.05, 3.63) is 29.6 Å². The van der Waals surface area contributed by atoms with Gasteiger partial charge in [0.1, 0.15) is 5.82 Å². The van der Waals surface area contributed by atoms with Gasteiger partial charge in [-0.25, -0.2) is 4.39 Å². The van der Waals surface area contributed by atoms with Crippen molar-refractivity contribution >= 4 is 5.69 Å². The number of halogens is 1. The van der Waals surface area contributed by atoms with Gasteiger partial charge >= 0.3 is 0 Å². The zero-order valence-electron chi connectivity index (χ0n) is 8.31. The van der Waals surface area contributed by atoms with Crippen LogP contribution in [0.2, 0.25) is 0 Å². The van der Waals surface area contributed by atoms with Crippen LogP contribution in [0.3, 0.4) is 0 Å². The van der Waals surface area contributed by atoms with Gasteiger partial charge in [0.05, 0.1) is 0 Å². The van der Waals surface area contributed by atoms with Gasteiger partial charge in [0, 0.05) is 23.8 Å². The van der Waals surface area contributed by atoms with E-state index in [1.54, 1.807) is 13.0 Å². The first-order valence-corrected chi connectivity index (χ1v) is 5.00. The minimum atomic E-state index is -0.138. The van der Waals surface area contributed by atoms with Crippen molar-refractivity contribution in [1.29, 1.82) is 0 Å². The lowest BCUT2D eigenvalue weighted by Gasteiger charge is -2.15. The van der Waals surface area contributed by atoms with Crippen LogP contribution in [-0.4, -0.2) is 19.1 Å². The van der Waals surface area contributed by atoms with E-state index in [0.29, 0.717) is 11.6 Å². The third-order valence-corrected chi connectivity index (χ3v) is 2.69. The van der Waals surface area contributed by atoms with Crippen molar-refractivity contribution in [2.75, 3.05) is 18.4 Å². The average Bonchev–Trinajstić information content (AvgIpc) is 2.66. The Kier molecular flexibility index (Phi) is 2.68. The number of benzene rings is 1. The highest BCUT2D eigenvalue weighted by molar-refractivity contribution is 5.51. The molecule has 3 heteroatoms. The molecular formula is C11H15FN2. The van der Waals surface area contributed by atoms with Crippen molar-refractivity contribution < 1.29 is 4.39 Å². The third-order valence-electron chi connectivity index (χ3n) is 2.69. The summed E-state index contributed by atoms with van der Waals surface area (Å²) in [6, 6.07) is 5.60. The number of anilines is 1. The predicted octanol–water partition coefficient (Wildman–Crippen LogP) is 1.91. The number of rotatable bonds is 2. The molecule has 2 rings (SSSR count). The second-order valence-corrected chi connectivity index (χ2v) is 3.75. The molecule has 0 radical (unpaired) electrons. The molecule has 1 fully saturated rings. The Labute approximate surface area is 83.5 Å². The summed E-state index contributed by atoms with van der Waals surface area (Å²) in [4.78, 5) is 0. The summed E-state index contributed by atoms with van der Waals surface area (Å²) in [6.07, 6.45) is 1.11. The molecule has 1 aromatic rings. The van der Waals surface area contributed by atoms with E-state index in [-0.39, 0.29) is 5.82 Å². The number of hydrogen-bond donors (Lipinski definition) is 2. The largest absolute Gasteiger partial charge is 0.381 e. The Morgan fingerprint density at radius 2 is 2.36 bits per heavy atom. The molecule has 76 valence electrons. The summed E-state index contributed by atoms with van der Waals surface area (Å²) < 4.78 is 13.2. The van der Waals surface area contributed by atoms with E-state index in [1.165, 1.54) is 6.07 Å². The molecule has 0 amide bonds. The smallest absolute Gasteiger partial charge is 0.128 e. The SMILES string of the molecule is Cc1c(F)cccc1NC1CCNC1. The highest BCUT2D eigenvalue weighted by Crippen LogP contribution is 2.19. The second-order valence-electron chi connectivity index (χ2n) is 3.75. The Morgan fingerprint density at radius 1 is 1.50 bits per heavy atom. The fourth-order valence-corrected chi connectivity index (χ4v) is 1.76.